The van der Waals surface area contributed by atoms with Gasteiger partial charge in [0.1, 0.15) is 22.9 Å². The fourth-order valence-corrected chi connectivity index (χ4v) is 3.73. The molecule has 5 heteroatoms. The lowest BCUT2D eigenvalue weighted by atomic mass is 10.0. The Bertz CT molecular complexity index is 1380. The summed E-state index contributed by atoms with van der Waals surface area (Å²) < 4.78 is 11.0. The van der Waals surface area contributed by atoms with Crippen molar-refractivity contribution in [1.82, 2.24) is 10.1 Å². The van der Waals surface area contributed by atoms with E-state index in [4.69, 9.17) is 14.2 Å². The molecular formula is C28H23N3O2. The van der Waals surface area contributed by atoms with Gasteiger partial charge in [-0.25, -0.2) is 4.98 Å². The zero-order valence-corrected chi connectivity index (χ0v) is 18.4. The molecule has 0 fully saturated rings. The third-order valence-corrected chi connectivity index (χ3v) is 5.48. The second-order valence-electron chi connectivity index (χ2n) is 7.68. The Balaban J connectivity index is 1.44. The molecule has 5 rings (SSSR count). The molecule has 0 atom stereocenters. The van der Waals surface area contributed by atoms with Crippen molar-refractivity contribution in [2.45, 2.75) is 6.92 Å². The molecule has 2 aromatic heterocycles. The van der Waals surface area contributed by atoms with Gasteiger partial charge < -0.3 is 14.6 Å². The average Bonchev–Trinajstić information content (AvgIpc) is 3.24. The number of methoxy groups -OCH3 is 1. The molecule has 0 aliphatic heterocycles. The minimum Gasteiger partial charge on any atom is -0.497 e. The van der Waals surface area contributed by atoms with Crippen molar-refractivity contribution in [2.24, 2.45) is 0 Å². The first kappa shape index (κ1) is 20.5. The summed E-state index contributed by atoms with van der Waals surface area (Å²) in [5.41, 5.74) is 6.68. The van der Waals surface area contributed by atoms with Gasteiger partial charge in [0.15, 0.2) is 5.76 Å². The SMILES string of the molecule is COc1cccc(-c2cccc(Nc3c(C)noc3-c3ccc(-c4ccccc4)cc3)n2)c1. The number of aryl methyl sites for hydroxylation is 1. The molecule has 0 unspecified atom stereocenters. The number of aromatic nitrogens is 2. The van der Waals surface area contributed by atoms with Crippen molar-refractivity contribution in [2.75, 3.05) is 12.4 Å². The standard InChI is InChI=1S/C28H23N3O2/c1-19-27(30-26-13-7-12-25(29-26)23-10-6-11-24(18-23)32-2)28(33-31-19)22-16-14-21(15-17-22)20-8-4-3-5-9-20/h3-18H,1-2H3,(H,29,30). The van der Waals surface area contributed by atoms with Crippen LogP contribution in [0, 0.1) is 6.92 Å². The summed E-state index contributed by atoms with van der Waals surface area (Å²) in [6.07, 6.45) is 0. The molecule has 33 heavy (non-hydrogen) atoms. The van der Waals surface area contributed by atoms with Crippen LogP contribution in [-0.2, 0) is 0 Å². The predicted octanol–water partition coefficient (Wildman–Crippen LogP) is 7.13. The molecule has 1 N–H and O–H groups in total. The van der Waals surface area contributed by atoms with E-state index in [1.54, 1.807) is 7.11 Å². The maximum atomic E-state index is 5.69. The number of anilines is 2. The van der Waals surface area contributed by atoms with E-state index in [0.29, 0.717) is 11.6 Å². The van der Waals surface area contributed by atoms with Gasteiger partial charge in [0, 0.05) is 11.1 Å². The van der Waals surface area contributed by atoms with Gasteiger partial charge in [-0.3, -0.25) is 0 Å². The van der Waals surface area contributed by atoms with Crippen LogP contribution in [0.3, 0.4) is 0 Å². The zero-order chi connectivity index (χ0) is 22.6. The molecular weight excluding hydrogens is 410 g/mol. The van der Waals surface area contributed by atoms with Crippen LogP contribution in [-0.4, -0.2) is 17.3 Å². The number of rotatable bonds is 6. The first-order chi connectivity index (χ1) is 16.2. The van der Waals surface area contributed by atoms with Crippen molar-refractivity contribution in [1.29, 1.82) is 0 Å². The third kappa shape index (κ3) is 4.34. The minimum absolute atomic E-state index is 0.681. The van der Waals surface area contributed by atoms with Crippen LogP contribution in [0.25, 0.3) is 33.7 Å². The molecule has 0 spiro atoms. The van der Waals surface area contributed by atoms with Gasteiger partial charge in [-0.2, -0.15) is 0 Å². The first-order valence-corrected chi connectivity index (χ1v) is 10.7. The maximum Gasteiger partial charge on any atom is 0.190 e. The van der Waals surface area contributed by atoms with E-state index in [-0.39, 0.29) is 0 Å². The van der Waals surface area contributed by atoms with Gasteiger partial charge in [0.25, 0.3) is 0 Å². The number of nitrogens with one attached hydrogen (secondary N) is 1. The van der Waals surface area contributed by atoms with Crippen LogP contribution >= 0.6 is 0 Å². The summed E-state index contributed by atoms with van der Waals surface area (Å²) >= 11 is 0. The van der Waals surface area contributed by atoms with Gasteiger partial charge in [0.05, 0.1) is 12.8 Å². The molecule has 2 heterocycles. The number of pyridine rings is 1. The van der Waals surface area contributed by atoms with Crippen LogP contribution < -0.4 is 10.1 Å². The summed E-state index contributed by atoms with van der Waals surface area (Å²) in [5, 5.41) is 7.60. The molecule has 0 bridgehead atoms. The normalized spacial score (nSPS) is 10.7. The van der Waals surface area contributed by atoms with Crippen LogP contribution in [0.1, 0.15) is 5.69 Å². The topological polar surface area (TPSA) is 60.2 Å². The Morgan fingerprint density at radius 1 is 0.727 bits per heavy atom. The number of hydrogen-bond acceptors (Lipinski definition) is 5. The molecule has 5 aromatic rings. The first-order valence-electron chi connectivity index (χ1n) is 10.7. The van der Waals surface area contributed by atoms with E-state index in [1.807, 2.05) is 79.7 Å². The van der Waals surface area contributed by atoms with Gasteiger partial charge in [-0.05, 0) is 42.3 Å². The lowest BCUT2D eigenvalue weighted by Crippen LogP contribution is -1.97. The van der Waals surface area contributed by atoms with Gasteiger partial charge in [-0.15, -0.1) is 0 Å². The van der Waals surface area contributed by atoms with Gasteiger partial charge in [-0.1, -0.05) is 78.0 Å². The highest BCUT2D eigenvalue weighted by Gasteiger charge is 2.16. The molecule has 5 nitrogen and oxygen atoms in total. The van der Waals surface area contributed by atoms with Crippen molar-refractivity contribution in [3.63, 3.8) is 0 Å². The van der Waals surface area contributed by atoms with Crippen molar-refractivity contribution in [3.8, 4) is 39.5 Å². The highest BCUT2D eigenvalue weighted by Crippen LogP contribution is 2.34. The van der Waals surface area contributed by atoms with E-state index in [1.165, 1.54) is 5.56 Å². The van der Waals surface area contributed by atoms with Crippen molar-refractivity contribution < 1.29 is 9.26 Å². The van der Waals surface area contributed by atoms with E-state index >= 15 is 0 Å². The number of nitrogens with zero attached hydrogens (tertiary/aromatic N) is 2. The monoisotopic (exact) mass is 433 g/mol. The number of benzene rings is 3. The Hall–Kier alpha value is -4.38. The van der Waals surface area contributed by atoms with E-state index in [2.05, 4.69) is 34.7 Å². The largest absolute Gasteiger partial charge is 0.497 e. The Labute approximate surface area is 192 Å². The second kappa shape index (κ2) is 9.01. The van der Waals surface area contributed by atoms with E-state index in [9.17, 15) is 0 Å². The van der Waals surface area contributed by atoms with Gasteiger partial charge >= 0.3 is 0 Å². The smallest absolute Gasteiger partial charge is 0.190 e. The van der Waals surface area contributed by atoms with Crippen LogP contribution in [0.2, 0.25) is 0 Å². The fraction of sp³-hybridized carbons (Fsp3) is 0.0714. The Morgan fingerprint density at radius 2 is 1.42 bits per heavy atom. The fourth-order valence-electron chi connectivity index (χ4n) is 3.73. The summed E-state index contributed by atoms with van der Waals surface area (Å²) in [5.74, 6) is 2.19. The summed E-state index contributed by atoms with van der Waals surface area (Å²) in [4.78, 5) is 4.79. The predicted molar refractivity (Wildman–Crippen MR) is 132 cm³/mol. The molecule has 0 amide bonds. The van der Waals surface area contributed by atoms with E-state index < -0.39 is 0 Å². The Morgan fingerprint density at radius 3 is 2.21 bits per heavy atom. The van der Waals surface area contributed by atoms with E-state index in [0.717, 1.165) is 39.5 Å². The quantitative estimate of drug-likeness (QED) is 0.309. The molecule has 0 radical (unpaired) electrons. The van der Waals surface area contributed by atoms with Crippen LogP contribution in [0.5, 0.6) is 5.75 Å². The van der Waals surface area contributed by atoms with Crippen molar-refractivity contribution in [3.05, 3.63) is 103 Å². The lowest BCUT2D eigenvalue weighted by Gasteiger charge is -2.09. The Kier molecular flexibility index (Phi) is 5.60. The van der Waals surface area contributed by atoms with Gasteiger partial charge in [0.2, 0.25) is 0 Å². The van der Waals surface area contributed by atoms with Crippen LogP contribution in [0.4, 0.5) is 11.5 Å². The highest BCUT2D eigenvalue weighted by molar-refractivity contribution is 5.79. The maximum absolute atomic E-state index is 5.69. The third-order valence-electron chi connectivity index (χ3n) is 5.48. The molecule has 0 saturated carbocycles. The average molecular weight is 434 g/mol. The number of ether oxygens (including phenoxy) is 1. The summed E-state index contributed by atoms with van der Waals surface area (Å²) in [7, 11) is 1.66. The molecule has 3 aromatic carbocycles. The molecule has 0 aliphatic carbocycles. The minimum atomic E-state index is 0.681. The lowest BCUT2D eigenvalue weighted by molar-refractivity contribution is 0.415. The van der Waals surface area contributed by atoms with Crippen LogP contribution in [0.15, 0.2) is 102 Å². The number of hydrogen-bond donors (Lipinski definition) is 1. The second-order valence-corrected chi connectivity index (χ2v) is 7.68. The van der Waals surface area contributed by atoms with Crippen molar-refractivity contribution >= 4 is 11.5 Å². The molecule has 162 valence electrons. The zero-order valence-electron chi connectivity index (χ0n) is 18.4. The summed E-state index contributed by atoms with van der Waals surface area (Å²) in [6, 6.07) is 32.3. The molecule has 0 saturated heterocycles. The summed E-state index contributed by atoms with van der Waals surface area (Å²) in [6.45, 7) is 1.92. The highest BCUT2D eigenvalue weighted by atomic mass is 16.5. The molecule has 0 aliphatic rings.